The van der Waals surface area contributed by atoms with Gasteiger partial charge >= 0.3 is 6.18 Å². The predicted molar refractivity (Wildman–Crippen MR) is 146 cm³/mol. The first-order chi connectivity index (χ1) is 18.8. The van der Waals surface area contributed by atoms with Gasteiger partial charge in [0.1, 0.15) is 11.2 Å². The summed E-state index contributed by atoms with van der Waals surface area (Å²) in [5.41, 5.74) is 1.06. The second-order valence-corrected chi connectivity index (χ2v) is 9.81. The third-order valence-corrected chi connectivity index (χ3v) is 7.40. The summed E-state index contributed by atoms with van der Waals surface area (Å²) in [4.78, 5) is 26.8. The first kappa shape index (κ1) is 25.1. The predicted octanol–water partition coefficient (Wildman–Crippen LogP) is 7.09. The number of benzene rings is 4. The molecule has 4 aromatic carbocycles. The van der Waals surface area contributed by atoms with Gasteiger partial charge in [-0.25, -0.2) is 0 Å². The maximum absolute atomic E-state index is 13.4. The number of aliphatic hydroxyl groups is 1. The van der Waals surface area contributed by atoms with Crippen molar-refractivity contribution in [3.8, 4) is 11.1 Å². The Bertz CT molecular complexity index is 1920. The molecule has 0 fully saturated rings. The lowest BCUT2D eigenvalue weighted by Crippen LogP contribution is -2.33. The van der Waals surface area contributed by atoms with E-state index in [4.69, 9.17) is 9.52 Å². The minimum Gasteiger partial charge on any atom is -0.456 e. The molecule has 2 aromatic heterocycles. The summed E-state index contributed by atoms with van der Waals surface area (Å²) in [6.45, 7) is 0.433. The maximum Gasteiger partial charge on any atom is 0.416 e. The van der Waals surface area contributed by atoms with Crippen LogP contribution >= 0.6 is 0 Å². The van der Waals surface area contributed by atoms with Crippen molar-refractivity contribution in [2.45, 2.75) is 38.4 Å². The van der Waals surface area contributed by atoms with Crippen LogP contribution in [-0.2, 0) is 12.7 Å². The largest absolute Gasteiger partial charge is 0.456 e. The number of unbranched alkanes of at least 4 members (excludes halogenated alkanes) is 3. The maximum atomic E-state index is 13.4. The van der Waals surface area contributed by atoms with Crippen molar-refractivity contribution in [1.82, 2.24) is 4.57 Å². The van der Waals surface area contributed by atoms with E-state index in [1.165, 1.54) is 16.7 Å². The molecule has 5 nitrogen and oxygen atoms in total. The molecule has 1 N–H and O–H groups in total. The average Bonchev–Trinajstić information content (AvgIpc) is 2.93. The molecule has 0 unspecified atom stereocenters. The van der Waals surface area contributed by atoms with Crippen LogP contribution < -0.4 is 11.1 Å². The third kappa shape index (κ3) is 4.25. The molecule has 0 amide bonds. The molecule has 6 rings (SSSR count). The zero-order valence-electron chi connectivity index (χ0n) is 20.8. The Balaban J connectivity index is 1.51. The van der Waals surface area contributed by atoms with Crippen LogP contribution in [0.5, 0.6) is 0 Å². The first-order valence-electron chi connectivity index (χ1n) is 12.8. The van der Waals surface area contributed by atoms with Gasteiger partial charge in [-0.2, -0.15) is 13.2 Å². The van der Waals surface area contributed by atoms with Crippen molar-refractivity contribution in [3.63, 3.8) is 0 Å². The lowest BCUT2D eigenvalue weighted by molar-refractivity contribution is -0.137. The Labute approximate surface area is 220 Å². The molecular formula is C31H24F3NO4. The summed E-state index contributed by atoms with van der Waals surface area (Å²) in [5, 5.41) is 12.6. The highest BCUT2D eigenvalue weighted by Gasteiger charge is 2.30. The van der Waals surface area contributed by atoms with Crippen molar-refractivity contribution >= 4 is 43.5 Å². The summed E-state index contributed by atoms with van der Waals surface area (Å²) >= 11 is 0. The number of rotatable bonds is 7. The van der Waals surface area contributed by atoms with Crippen LogP contribution in [0.25, 0.3) is 54.6 Å². The molecule has 0 bridgehead atoms. The monoisotopic (exact) mass is 531 g/mol. The van der Waals surface area contributed by atoms with E-state index < -0.39 is 11.7 Å². The van der Waals surface area contributed by atoms with E-state index in [0.717, 1.165) is 41.3 Å². The van der Waals surface area contributed by atoms with E-state index in [1.807, 2.05) is 12.1 Å². The van der Waals surface area contributed by atoms with E-state index in [9.17, 15) is 22.8 Å². The van der Waals surface area contributed by atoms with Crippen LogP contribution in [-0.4, -0.2) is 16.3 Å². The molecule has 0 aliphatic carbocycles. The Kier molecular flexibility index (Phi) is 6.14. The molecule has 0 aliphatic rings. The molecular weight excluding hydrogens is 507 g/mol. The Morgan fingerprint density at radius 2 is 1.28 bits per heavy atom. The SMILES string of the molecule is O=c1c2ccc3oc4ccc(-c5ccc(C(F)(F)F)cc5)cc4c4ccc(c(=O)n1CCCCCCO)c2c34. The van der Waals surface area contributed by atoms with E-state index in [-0.39, 0.29) is 17.7 Å². The van der Waals surface area contributed by atoms with Crippen molar-refractivity contribution in [2.75, 3.05) is 6.61 Å². The topological polar surface area (TPSA) is 72.4 Å². The van der Waals surface area contributed by atoms with Crippen LogP contribution in [0.15, 0.2) is 80.7 Å². The molecule has 0 radical (unpaired) electrons. The van der Waals surface area contributed by atoms with Gasteiger partial charge in [0, 0.05) is 40.1 Å². The smallest absolute Gasteiger partial charge is 0.416 e. The van der Waals surface area contributed by atoms with Gasteiger partial charge in [0.15, 0.2) is 0 Å². The lowest BCUT2D eigenvalue weighted by Gasteiger charge is -2.14. The van der Waals surface area contributed by atoms with Crippen LogP contribution in [0.1, 0.15) is 31.2 Å². The number of hydrogen-bond acceptors (Lipinski definition) is 4. The standard InChI is InChI=1S/C31H24F3NO4/c32-31(33,34)20-8-5-18(6-9-20)19-7-13-25-24(17-19)21-10-11-22-27-23(12-14-26(39-25)28(21)27)30(38)35(29(22)37)15-3-1-2-4-16-36/h5-14,17,36H,1-4,15-16H2. The fourth-order valence-corrected chi connectivity index (χ4v) is 5.43. The van der Waals surface area contributed by atoms with E-state index in [1.54, 1.807) is 30.3 Å². The number of alkyl halides is 3. The molecule has 2 heterocycles. The normalized spacial score (nSPS) is 12.4. The summed E-state index contributed by atoms with van der Waals surface area (Å²) in [5.74, 6) is 0. The fraction of sp³-hybridized carbons (Fsp3) is 0.226. The van der Waals surface area contributed by atoms with Gasteiger partial charge in [0.2, 0.25) is 0 Å². The highest BCUT2D eigenvalue weighted by atomic mass is 19.4. The number of aromatic nitrogens is 1. The zero-order chi connectivity index (χ0) is 27.3. The molecule has 8 heteroatoms. The minimum absolute atomic E-state index is 0.124. The van der Waals surface area contributed by atoms with Gasteiger partial charge in [0.05, 0.1) is 5.56 Å². The number of fused-ring (bicyclic) bond motifs is 2. The molecule has 198 valence electrons. The van der Waals surface area contributed by atoms with E-state index in [2.05, 4.69) is 0 Å². The number of hydrogen-bond donors (Lipinski definition) is 1. The average molecular weight is 532 g/mol. The second kappa shape index (κ2) is 9.54. The number of nitrogens with zero attached hydrogens (tertiary/aromatic N) is 1. The van der Waals surface area contributed by atoms with Gasteiger partial charge in [-0.1, -0.05) is 37.1 Å². The van der Waals surface area contributed by atoms with Crippen molar-refractivity contribution < 1.29 is 22.7 Å². The number of aliphatic hydroxyl groups excluding tert-OH is 1. The molecule has 39 heavy (non-hydrogen) atoms. The van der Waals surface area contributed by atoms with Gasteiger partial charge in [0.25, 0.3) is 11.1 Å². The molecule has 0 spiro atoms. The van der Waals surface area contributed by atoms with Crippen molar-refractivity contribution in [2.24, 2.45) is 0 Å². The summed E-state index contributed by atoms with van der Waals surface area (Å²) in [7, 11) is 0. The first-order valence-corrected chi connectivity index (χ1v) is 12.8. The van der Waals surface area contributed by atoms with Crippen LogP contribution in [0.4, 0.5) is 13.2 Å². The van der Waals surface area contributed by atoms with Crippen LogP contribution in [0.3, 0.4) is 0 Å². The molecule has 0 aliphatic heterocycles. The third-order valence-electron chi connectivity index (χ3n) is 7.40. The lowest BCUT2D eigenvalue weighted by atomic mass is 9.95. The summed E-state index contributed by atoms with van der Waals surface area (Å²) in [6.07, 6.45) is -1.42. The van der Waals surface area contributed by atoms with E-state index >= 15 is 0 Å². The minimum atomic E-state index is -4.41. The Hall–Kier alpha value is -4.17. The number of halogens is 3. The van der Waals surface area contributed by atoms with E-state index in [0.29, 0.717) is 57.7 Å². The molecule has 6 aromatic rings. The zero-order valence-corrected chi connectivity index (χ0v) is 20.8. The van der Waals surface area contributed by atoms with Crippen molar-refractivity contribution in [3.05, 3.63) is 93.0 Å². The van der Waals surface area contributed by atoms with Crippen molar-refractivity contribution in [1.29, 1.82) is 0 Å². The molecule has 0 atom stereocenters. The van der Waals surface area contributed by atoms with Crippen LogP contribution in [0.2, 0.25) is 0 Å². The molecule has 0 saturated heterocycles. The fourth-order valence-electron chi connectivity index (χ4n) is 5.43. The van der Waals surface area contributed by atoms with Gasteiger partial charge in [-0.05, 0) is 71.8 Å². The van der Waals surface area contributed by atoms with Crippen LogP contribution in [0, 0.1) is 0 Å². The quantitative estimate of drug-likeness (QED) is 0.136. The summed E-state index contributed by atoms with van der Waals surface area (Å²) in [6, 6.07) is 17.4. The summed E-state index contributed by atoms with van der Waals surface area (Å²) < 4.78 is 46.5. The Morgan fingerprint density at radius 3 is 1.97 bits per heavy atom. The molecule has 0 saturated carbocycles. The Morgan fingerprint density at radius 1 is 0.667 bits per heavy atom. The van der Waals surface area contributed by atoms with Gasteiger partial charge < -0.3 is 9.52 Å². The van der Waals surface area contributed by atoms with Gasteiger partial charge in [-0.15, -0.1) is 0 Å². The van der Waals surface area contributed by atoms with Gasteiger partial charge in [-0.3, -0.25) is 14.2 Å². The highest BCUT2D eigenvalue weighted by Crippen LogP contribution is 2.38. The number of pyridine rings is 1. The highest BCUT2D eigenvalue weighted by molar-refractivity contribution is 6.26. The second-order valence-electron chi connectivity index (χ2n) is 9.81.